The monoisotopic (exact) mass is 372 g/mol. The minimum Gasteiger partial charge on any atom is -0.492 e. The Bertz CT molecular complexity index is 560. The van der Waals surface area contributed by atoms with E-state index in [0.29, 0.717) is 17.5 Å². The van der Waals surface area contributed by atoms with Crippen molar-refractivity contribution in [3.8, 4) is 5.75 Å². The molecule has 0 unspecified atom stereocenters. The molecule has 2 atom stereocenters. The lowest BCUT2D eigenvalue weighted by molar-refractivity contribution is 0.0264. The molecule has 2 heterocycles. The molecule has 3 rings (SSSR count). The van der Waals surface area contributed by atoms with Crippen molar-refractivity contribution < 1.29 is 19.0 Å². The Morgan fingerprint density at radius 2 is 1.96 bits per heavy atom. The molecule has 0 spiro atoms. The van der Waals surface area contributed by atoms with Crippen LogP contribution in [0.25, 0.3) is 0 Å². The maximum Gasteiger partial charge on any atom is 0.173 e. The molecule has 2 fully saturated rings. The number of hydrogen-bond acceptors (Lipinski definition) is 5. The van der Waals surface area contributed by atoms with Crippen LogP contribution in [0.15, 0.2) is 12.1 Å². The minimum atomic E-state index is -0.437. The molecule has 25 heavy (non-hydrogen) atoms. The first kappa shape index (κ1) is 18.9. The van der Waals surface area contributed by atoms with Crippen LogP contribution in [-0.4, -0.2) is 74.6 Å². The zero-order valence-electron chi connectivity index (χ0n) is 14.6. The van der Waals surface area contributed by atoms with Gasteiger partial charge in [-0.1, -0.05) is 11.6 Å². The average molecular weight is 373 g/mol. The molecule has 140 valence electrons. The van der Waals surface area contributed by atoms with Gasteiger partial charge in [0.05, 0.1) is 25.3 Å². The fourth-order valence-corrected chi connectivity index (χ4v) is 4.16. The van der Waals surface area contributed by atoms with Gasteiger partial charge in [-0.05, 0) is 29.5 Å². The number of methoxy groups -OCH3 is 1. The van der Waals surface area contributed by atoms with Gasteiger partial charge in [0.25, 0.3) is 0 Å². The number of ether oxygens (including phenoxy) is 2. The summed E-state index contributed by atoms with van der Waals surface area (Å²) >= 11 is 6.09. The van der Waals surface area contributed by atoms with E-state index >= 15 is 0 Å². The van der Waals surface area contributed by atoms with Crippen molar-refractivity contribution in [1.82, 2.24) is 9.80 Å². The van der Waals surface area contributed by atoms with Crippen LogP contribution in [0.5, 0.6) is 5.75 Å². The number of halogens is 2. The van der Waals surface area contributed by atoms with E-state index in [1.807, 2.05) is 0 Å². The second kappa shape index (κ2) is 8.64. The van der Waals surface area contributed by atoms with Crippen LogP contribution in [0.3, 0.4) is 0 Å². The van der Waals surface area contributed by atoms with Gasteiger partial charge in [0.1, 0.15) is 0 Å². The van der Waals surface area contributed by atoms with E-state index in [0.717, 1.165) is 51.5 Å². The summed E-state index contributed by atoms with van der Waals surface area (Å²) in [5.41, 5.74) is 0.826. The molecule has 0 aliphatic carbocycles. The summed E-state index contributed by atoms with van der Waals surface area (Å²) < 4.78 is 24.4. The van der Waals surface area contributed by atoms with Crippen molar-refractivity contribution in [3.05, 3.63) is 28.5 Å². The first-order valence-corrected chi connectivity index (χ1v) is 9.13. The normalized spacial score (nSPS) is 25.4. The molecule has 1 aromatic carbocycles. The number of aliphatic hydroxyl groups is 1. The van der Waals surface area contributed by atoms with Crippen LogP contribution in [0, 0.1) is 17.7 Å². The Kier molecular flexibility index (Phi) is 6.52. The second-order valence-electron chi connectivity index (χ2n) is 6.90. The van der Waals surface area contributed by atoms with Gasteiger partial charge in [-0.2, -0.15) is 0 Å². The van der Waals surface area contributed by atoms with E-state index in [2.05, 4.69) is 9.80 Å². The third kappa shape index (κ3) is 4.63. The molecule has 1 aromatic rings. The fourth-order valence-electron chi connectivity index (χ4n) is 3.85. The SMILES string of the molecule is COc1c(F)cc(CN2C[C@@H](CN3CCOCC3)[C@@H](CO)C2)cc1Cl. The number of aliphatic hydroxyl groups excluding tert-OH is 1. The molecule has 7 heteroatoms. The van der Waals surface area contributed by atoms with Gasteiger partial charge < -0.3 is 14.6 Å². The molecule has 0 radical (unpaired) electrons. The van der Waals surface area contributed by atoms with Crippen LogP contribution in [0.1, 0.15) is 5.56 Å². The van der Waals surface area contributed by atoms with Crippen molar-refractivity contribution in [3.63, 3.8) is 0 Å². The van der Waals surface area contributed by atoms with Crippen molar-refractivity contribution >= 4 is 11.6 Å². The quantitative estimate of drug-likeness (QED) is 0.825. The highest BCUT2D eigenvalue weighted by Gasteiger charge is 2.33. The van der Waals surface area contributed by atoms with Gasteiger partial charge in [-0.25, -0.2) is 4.39 Å². The predicted octanol–water partition coefficient (Wildman–Crippen LogP) is 1.86. The average Bonchev–Trinajstić information content (AvgIpc) is 2.97. The summed E-state index contributed by atoms with van der Waals surface area (Å²) in [6.07, 6.45) is 0. The molecule has 0 bridgehead atoms. The van der Waals surface area contributed by atoms with Crippen molar-refractivity contribution in [2.45, 2.75) is 6.54 Å². The highest BCUT2D eigenvalue weighted by atomic mass is 35.5. The fraction of sp³-hybridized carbons (Fsp3) is 0.667. The number of nitrogens with zero attached hydrogens (tertiary/aromatic N) is 2. The molecular weight excluding hydrogens is 347 g/mol. The summed E-state index contributed by atoms with van der Waals surface area (Å²) in [4.78, 5) is 4.67. The molecule has 2 aliphatic rings. The molecular formula is C18H26ClFN2O3. The molecule has 5 nitrogen and oxygen atoms in total. The van der Waals surface area contributed by atoms with Crippen LogP contribution in [0.4, 0.5) is 4.39 Å². The lowest BCUT2D eigenvalue weighted by atomic mass is 9.96. The Balaban J connectivity index is 1.62. The van der Waals surface area contributed by atoms with Crippen molar-refractivity contribution in [2.24, 2.45) is 11.8 Å². The topological polar surface area (TPSA) is 45.2 Å². The van der Waals surface area contributed by atoms with E-state index in [-0.39, 0.29) is 18.3 Å². The third-order valence-corrected chi connectivity index (χ3v) is 5.43. The van der Waals surface area contributed by atoms with Crippen molar-refractivity contribution in [1.29, 1.82) is 0 Å². The molecule has 0 saturated carbocycles. The standard InChI is InChI=1S/C18H26ClFN2O3/c1-24-18-16(19)6-13(7-17(18)20)8-22-10-14(15(11-22)12-23)9-21-2-4-25-5-3-21/h6-7,14-15,23H,2-5,8-12H2,1H3/t14-,15-/m1/s1. The first-order valence-electron chi connectivity index (χ1n) is 8.76. The predicted molar refractivity (Wildman–Crippen MR) is 94.6 cm³/mol. The van der Waals surface area contributed by atoms with E-state index in [4.69, 9.17) is 21.1 Å². The summed E-state index contributed by atoms with van der Waals surface area (Å²) in [7, 11) is 1.41. The number of morpholine rings is 1. The van der Waals surface area contributed by atoms with E-state index in [1.54, 1.807) is 6.07 Å². The maximum atomic E-state index is 14.0. The summed E-state index contributed by atoms with van der Waals surface area (Å²) in [5, 5.41) is 10.0. The smallest absolute Gasteiger partial charge is 0.173 e. The largest absolute Gasteiger partial charge is 0.492 e. The summed E-state index contributed by atoms with van der Waals surface area (Å²) in [5.74, 6) is 0.320. The van der Waals surface area contributed by atoms with Gasteiger partial charge in [0.2, 0.25) is 0 Å². The first-order chi connectivity index (χ1) is 12.1. The van der Waals surface area contributed by atoms with E-state index < -0.39 is 5.82 Å². The molecule has 0 aromatic heterocycles. The van der Waals surface area contributed by atoms with Gasteiger partial charge in [0.15, 0.2) is 11.6 Å². The molecule has 2 aliphatic heterocycles. The van der Waals surface area contributed by atoms with Crippen LogP contribution in [0.2, 0.25) is 5.02 Å². The third-order valence-electron chi connectivity index (χ3n) is 5.15. The Morgan fingerprint density at radius 3 is 2.60 bits per heavy atom. The van der Waals surface area contributed by atoms with E-state index in [9.17, 15) is 9.50 Å². The van der Waals surface area contributed by atoms with Crippen LogP contribution < -0.4 is 4.74 Å². The highest BCUT2D eigenvalue weighted by molar-refractivity contribution is 6.32. The van der Waals surface area contributed by atoms with Gasteiger partial charge in [-0.3, -0.25) is 9.80 Å². The summed E-state index contributed by atoms with van der Waals surface area (Å²) in [6, 6.07) is 3.24. The zero-order chi connectivity index (χ0) is 17.8. The molecule has 0 amide bonds. The minimum absolute atomic E-state index is 0.0882. The van der Waals surface area contributed by atoms with Gasteiger partial charge in [0, 0.05) is 45.9 Å². The second-order valence-corrected chi connectivity index (χ2v) is 7.31. The lowest BCUT2D eigenvalue weighted by Gasteiger charge is -2.30. The zero-order valence-corrected chi connectivity index (χ0v) is 15.3. The Labute approximate surface area is 153 Å². The van der Waals surface area contributed by atoms with Gasteiger partial charge >= 0.3 is 0 Å². The summed E-state index contributed by atoms with van der Waals surface area (Å²) in [6.45, 7) is 6.96. The molecule has 2 saturated heterocycles. The lowest BCUT2D eigenvalue weighted by Crippen LogP contribution is -2.41. The van der Waals surface area contributed by atoms with Crippen LogP contribution in [-0.2, 0) is 11.3 Å². The number of rotatable bonds is 6. The maximum absolute atomic E-state index is 14.0. The molecule has 1 N–H and O–H groups in total. The van der Waals surface area contributed by atoms with Crippen molar-refractivity contribution in [2.75, 3.05) is 59.7 Å². The van der Waals surface area contributed by atoms with Gasteiger partial charge in [-0.15, -0.1) is 0 Å². The van der Waals surface area contributed by atoms with Crippen LogP contribution >= 0.6 is 11.6 Å². The Hall–Kier alpha value is -0.920. The number of hydrogen-bond donors (Lipinski definition) is 1. The highest BCUT2D eigenvalue weighted by Crippen LogP contribution is 2.31. The number of benzene rings is 1. The number of likely N-dealkylation sites (tertiary alicyclic amines) is 1. The Morgan fingerprint density at radius 1 is 1.24 bits per heavy atom. The van der Waals surface area contributed by atoms with E-state index in [1.165, 1.54) is 13.2 Å².